The van der Waals surface area contributed by atoms with Crippen molar-refractivity contribution in [2.45, 2.75) is 59.0 Å². The van der Waals surface area contributed by atoms with Gasteiger partial charge in [0.2, 0.25) is 5.95 Å². The van der Waals surface area contributed by atoms with Crippen molar-refractivity contribution in [3.05, 3.63) is 12.4 Å². The van der Waals surface area contributed by atoms with Gasteiger partial charge in [-0.25, -0.2) is 4.98 Å². The Labute approximate surface area is 98.3 Å². The van der Waals surface area contributed by atoms with E-state index in [-0.39, 0.29) is 0 Å². The van der Waals surface area contributed by atoms with Crippen molar-refractivity contribution in [2.75, 3.05) is 5.32 Å². The summed E-state index contributed by atoms with van der Waals surface area (Å²) >= 11 is 0. The van der Waals surface area contributed by atoms with E-state index >= 15 is 0 Å². The van der Waals surface area contributed by atoms with Gasteiger partial charge in [0.1, 0.15) is 0 Å². The lowest BCUT2D eigenvalue weighted by Crippen LogP contribution is -2.32. The zero-order chi connectivity index (χ0) is 11.6. The van der Waals surface area contributed by atoms with Crippen molar-refractivity contribution in [1.82, 2.24) is 9.55 Å². The molecule has 1 aliphatic rings. The number of rotatable bonds is 3. The standard InChI is InChI=1S/C13H23N3/c1-4-16-9-8-14-12(16)15-11-6-5-7-13(2,3)10-11/h8-9,11H,4-7,10H2,1-3H3,(H,14,15). The normalized spacial score (nSPS) is 24.3. The predicted molar refractivity (Wildman–Crippen MR) is 67.6 cm³/mol. The Morgan fingerprint density at radius 1 is 1.56 bits per heavy atom. The Kier molecular flexibility index (Phi) is 3.22. The molecule has 0 spiro atoms. The van der Waals surface area contributed by atoms with Crippen LogP contribution in [0, 0.1) is 5.41 Å². The quantitative estimate of drug-likeness (QED) is 0.849. The SMILES string of the molecule is CCn1ccnc1NC1CCCC(C)(C)C1. The van der Waals surface area contributed by atoms with E-state index in [1.165, 1.54) is 25.7 Å². The fourth-order valence-electron chi connectivity index (χ4n) is 2.71. The average molecular weight is 221 g/mol. The van der Waals surface area contributed by atoms with Crippen LogP contribution in [0.1, 0.15) is 46.5 Å². The van der Waals surface area contributed by atoms with Crippen molar-refractivity contribution in [1.29, 1.82) is 0 Å². The van der Waals surface area contributed by atoms with E-state index < -0.39 is 0 Å². The maximum Gasteiger partial charge on any atom is 0.202 e. The summed E-state index contributed by atoms with van der Waals surface area (Å²) in [6.45, 7) is 7.87. The Morgan fingerprint density at radius 2 is 2.38 bits per heavy atom. The minimum atomic E-state index is 0.486. The Hall–Kier alpha value is -0.990. The molecule has 1 N–H and O–H groups in total. The molecule has 1 heterocycles. The maximum atomic E-state index is 4.38. The zero-order valence-electron chi connectivity index (χ0n) is 10.7. The predicted octanol–water partition coefficient (Wildman–Crippen LogP) is 3.28. The molecular formula is C13H23N3. The lowest BCUT2D eigenvalue weighted by Gasteiger charge is -2.35. The monoisotopic (exact) mass is 221 g/mol. The van der Waals surface area contributed by atoms with Crippen molar-refractivity contribution >= 4 is 5.95 Å². The molecule has 0 bridgehead atoms. The molecule has 2 rings (SSSR count). The Balaban J connectivity index is 1.99. The van der Waals surface area contributed by atoms with Crippen LogP contribution in [0.3, 0.4) is 0 Å². The van der Waals surface area contributed by atoms with Gasteiger partial charge in [-0.3, -0.25) is 0 Å². The highest BCUT2D eigenvalue weighted by Gasteiger charge is 2.28. The van der Waals surface area contributed by atoms with Crippen LogP contribution in [0.2, 0.25) is 0 Å². The topological polar surface area (TPSA) is 29.9 Å². The molecule has 3 heteroatoms. The molecule has 1 fully saturated rings. The Morgan fingerprint density at radius 3 is 3.06 bits per heavy atom. The summed E-state index contributed by atoms with van der Waals surface area (Å²) in [7, 11) is 0. The first-order valence-electron chi connectivity index (χ1n) is 6.38. The van der Waals surface area contributed by atoms with E-state index in [1.807, 2.05) is 12.4 Å². The average Bonchev–Trinajstić information content (AvgIpc) is 2.63. The summed E-state index contributed by atoms with van der Waals surface area (Å²) in [5.74, 6) is 1.03. The molecule has 0 radical (unpaired) electrons. The second kappa shape index (κ2) is 4.48. The van der Waals surface area contributed by atoms with Crippen LogP contribution in [0.25, 0.3) is 0 Å². The van der Waals surface area contributed by atoms with E-state index in [0.717, 1.165) is 12.5 Å². The molecule has 0 saturated heterocycles. The molecule has 16 heavy (non-hydrogen) atoms. The van der Waals surface area contributed by atoms with Crippen LogP contribution in [-0.2, 0) is 6.54 Å². The molecule has 1 atom stereocenters. The summed E-state index contributed by atoms with van der Waals surface area (Å²) in [5.41, 5.74) is 0.486. The number of anilines is 1. The number of imidazole rings is 1. The number of aromatic nitrogens is 2. The first kappa shape index (κ1) is 11.5. The molecule has 1 unspecified atom stereocenters. The van der Waals surface area contributed by atoms with Gasteiger partial charge in [0.15, 0.2) is 0 Å². The second-order valence-electron chi connectivity index (χ2n) is 5.64. The van der Waals surface area contributed by atoms with Gasteiger partial charge in [-0.05, 0) is 31.6 Å². The van der Waals surface area contributed by atoms with Gasteiger partial charge in [0.05, 0.1) is 0 Å². The number of hydrogen-bond acceptors (Lipinski definition) is 2. The molecule has 1 aliphatic carbocycles. The highest BCUT2D eigenvalue weighted by atomic mass is 15.2. The third-order valence-electron chi connectivity index (χ3n) is 3.59. The van der Waals surface area contributed by atoms with Gasteiger partial charge in [-0.15, -0.1) is 0 Å². The number of hydrogen-bond donors (Lipinski definition) is 1. The van der Waals surface area contributed by atoms with Gasteiger partial charge in [0, 0.05) is 25.0 Å². The van der Waals surface area contributed by atoms with Crippen molar-refractivity contribution in [3.63, 3.8) is 0 Å². The third kappa shape index (κ3) is 2.57. The molecular weight excluding hydrogens is 198 g/mol. The van der Waals surface area contributed by atoms with Gasteiger partial charge >= 0.3 is 0 Å². The third-order valence-corrected chi connectivity index (χ3v) is 3.59. The van der Waals surface area contributed by atoms with Crippen molar-refractivity contribution < 1.29 is 0 Å². The van der Waals surface area contributed by atoms with E-state index in [2.05, 4.69) is 35.6 Å². The summed E-state index contributed by atoms with van der Waals surface area (Å²) in [6, 6.07) is 0.594. The van der Waals surface area contributed by atoms with Gasteiger partial charge in [0.25, 0.3) is 0 Å². The van der Waals surface area contributed by atoms with Crippen LogP contribution in [0.4, 0.5) is 5.95 Å². The molecule has 0 amide bonds. The van der Waals surface area contributed by atoms with Gasteiger partial charge in [-0.1, -0.05) is 20.3 Å². The lowest BCUT2D eigenvalue weighted by molar-refractivity contribution is 0.229. The minimum Gasteiger partial charge on any atom is -0.353 e. The van der Waals surface area contributed by atoms with Crippen molar-refractivity contribution in [2.24, 2.45) is 5.41 Å². The summed E-state index contributed by atoms with van der Waals surface area (Å²) < 4.78 is 2.17. The van der Waals surface area contributed by atoms with E-state index in [1.54, 1.807) is 0 Å². The molecule has 1 aromatic heterocycles. The number of nitrogens with zero attached hydrogens (tertiary/aromatic N) is 2. The van der Waals surface area contributed by atoms with Crippen molar-refractivity contribution in [3.8, 4) is 0 Å². The number of aryl methyl sites for hydroxylation is 1. The summed E-state index contributed by atoms with van der Waals surface area (Å²) in [6.07, 6.45) is 9.13. The lowest BCUT2D eigenvalue weighted by atomic mass is 9.75. The minimum absolute atomic E-state index is 0.486. The Bertz CT molecular complexity index is 341. The van der Waals surface area contributed by atoms with Crippen LogP contribution in [-0.4, -0.2) is 15.6 Å². The first-order valence-corrected chi connectivity index (χ1v) is 6.38. The zero-order valence-corrected chi connectivity index (χ0v) is 10.7. The smallest absolute Gasteiger partial charge is 0.202 e. The van der Waals surface area contributed by atoms with Gasteiger partial charge < -0.3 is 9.88 Å². The van der Waals surface area contributed by atoms with E-state index in [0.29, 0.717) is 11.5 Å². The van der Waals surface area contributed by atoms with E-state index in [4.69, 9.17) is 0 Å². The molecule has 0 aliphatic heterocycles. The molecule has 90 valence electrons. The fraction of sp³-hybridized carbons (Fsp3) is 0.769. The fourth-order valence-corrected chi connectivity index (χ4v) is 2.71. The highest BCUT2D eigenvalue weighted by molar-refractivity contribution is 5.27. The second-order valence-corrected chi connectivity index (χ2v) is 5.64. The van der Waals surface area contributed by atoms with Crippen LogP contribution in [0.15, 0.2) is 12.4 Å². The van der Waals surface area contributed by atoms with Gasteiger partial charge in [-0.2, -0.15) is 0 Å². The molecule has 1 aromatic rings. The highest BCUT2D eigenvalue weighted by Crippen LogP contribution is 2.36. The summed E-state index contributed by atoms with van der Waals surface area (Å²) in [5, 5.41) is 3.59. The number of nitrogens with one attached hydrogen (secondary N) is 1. The van der Waals surface area contributed by atoms with Crippen LogP contribution >= 0.6 is 0 Å². The van der Waals surface area contributed by atoms with Crippen LogP contribution in [0.5, 0.6) is 0 Å². The molecule has 3 nitrogen and oxygen atoms in total. The first-order chi connectivity index (χ1) is 7.61. The molecule has 0 aromatic carbocycles. The summed E-state index contributed by atoms with van der Waals surface area (Å²) in [4.78, 5) is 4.38. The van der Waals surface area contributed by atoms with E-state index in [9.17, 15) is 0 Å². The van der Waals surface area contributed by atoms with Crippen LogP contribution < -0.4 is 5.32 Å². The largest absolute Gasteiger partial charge is 0.353 e. The molecule has 1 saturated carbocycles. The maximum absolute atomic E-state index is 4.38.